The lowest BCUT2D eigenvalue weighted by atomic mass is 10.0. The van der Waals surface area contributed by atoms with Crippen LogP contribution in [0.1, 0.15) is 25.3 Å². The van der Waals surface area contributed by atoms with Gasteiger partial charge in [0.05, 0.1) is 5.56 Å². The van der Waals surface area contributed by atoms with Crippen LogP contribution < -0.4 is 4.74 Å². The molecule has 1 aliphatic heterocycles. The lowest BCUT2D eigenvalue weighted by Gasteiger charge is -2.28. The van der Waals surface area contributed by atoms with Crippen molar-refractivity contribution in [3.63, 3.8) is 0 Å². The van der Waals surface area contributed by atoms with Crippen molar-refractivity contribution in [2.75, 3.05) is 26.2 Å². The van der Waals surface area contributed by atoms with Crippen LogP contribution in [0.2, 0.25) is 0 Å². The Morgan fingerprint density at radius 3 is 2.30 bits per heavy atom. The van der Waals surface area contributed by atoms with Crippen molar-refractivity contribution >= 4 is 0 Å². The molecule has 1 N–H and O–H groups in total. The fraction of sp³-hybridized carbons (Fsp3) is 0.429. The third-order valence-corrected chi connectivity index (χ3v) is 4.69. The van der Waals surface area contributed by atoms with Crippen molar-refractivity contribution in [2.45, 2.75) is 31.5 Å². The summed E-state index contributed by atoms with van der Waals surface area (Å²) < 4.78 is 44.3. The highest BCUT2D eigenvalue weighted by Crippen LogP contribution is 2.32. The van der Waals surface area contributed by atoms with E-state index in [0.29, 0.717) is 23.4 Å². The molecule has 146 valence electrons. The minimum Gasteiger partial charge on any atom is -0.491 e. The summed E-state index contributed by atoms with van der Waals surface area (Å²) in [4.78, 5) is 2.22. The maximum absolute atomic E-state index is 12.9. The van der Waals surface area contributed by atoms with Crippen LogP contribution in [0.3, 0.4) is 0 Å². The van der Waals surface area contributed by atoms with E-state index in [4.69, 9.17) is 4.74 Å². The number of hydrogen-bond acceptors (Lipinski definition) is 3. The second-order valence-electron chi connectivity index (χ2n) is 7.37. The van der Waals surface area contributed by atoms with Gasteiger partial charge in [0.2, 0.25) is 0 Å². The molecule has 1 aliphatic rings. The molecule has 1 heterocycles. The number of nitrogens with zero attached hydrogens (tertiary/aromatic N) is 1. The fourth-order valence-electron chi connectivity index (χ4n) is 3.33. The Balaban J connectivity index is 1.62. The zero-order valence-electron chi connectivity index (χ0n) is 15.3. The predicted molar refractivity (Wildman–Crippen MR) is 98.7 cm³/mol. The zero-order chi connectivity index (χ0) is 19.5. The predicted octanol–water partition coefficient (Wildman–Crippen LogP) is 4.60. The first-order valence-corrected chi connectivity index (χ1v) is 9.08. The first kappa shape index (κ1) is 19.7. The van der Waals surface area contributed by atoms with E-state index in [1.54, 1.807) is 37.3 Å². The quantitative estimate of drug-likeness (QED) is 0.796. The van der Waals surface area contributed by atoms with Gasteiger partial charge in [0, 0.05) is 6.54 Å². The number of halogens is 3. The Morgan fingerprint density at radius 1 is 1.00 bits per heavy atom. The van der Waals surface area contributed by atoms with Crippen LogP contribution in [-0.2, 0) is 6.18 Å². The Hall–Kier alpha value is -2.05. The Labute approximate surface area is 157 Å². The fourth-order valence-corrected chi connectivity index (χ4v) is 3.33. The van der Waals surface area contributed by atoms with Gasteiger partial charge in [-0.15, -0.1) is 0 Å². The Bertz CT molecular complexity index is 751. The summed E-state index contributed by atoms with van der Waals surface area (Å²) in [6, 6.07) is 12.1. The van der Waals surface area contributed by atoms with Gasteiger partial charge in [0.25, 0.3) is 0 Å². The monoisotopic (exact) mass is 379 g/mol. The van der Waals surface area contributed by atoms with Crippen molar-refractivity contribution in [2.24, 2.45) is 0 Å². The molecule has 6 heteroatoms. The van der Waals surface area contributed by atoms with Crippen LogP contribution in [0.5, 0.6) is 5.75 Å². The first-order valence-electron chi connectivity index (χ1n) is 9.08. The van der Waals surface area contributed by atoms with Crippen LogP contribution >= 0.6 is 0 Å². The first-order chi connectivity index (χ1) is 12.7. The van der Waals surface area contributed by atoms with Gasteiger partial charge in [-0.2, -0.15) is 13.2 Å². The summed E-state index contributed by atoms with van der Waals surface area (Å²) in [5.41, 5.74) is -0.447. The van der Waals surface area contributed by atoms with Gasteiger partial charge in [0.1, 0.15) is 18.0 Å². The van der Waals surface area contributed by atoms with Gasteiger partial charge in [-0.3, -0.25) is 0 Å². The molecule has 27 heavy (non-hydrogen) atoms. The van der Waals surface area contributed by atoms with E-state index >= 15 is 0 Å². The molecule has 0 aliphatic carbocycles. The molecule has 0 amide bonds. The van der Waals surface area contributed by atoms with Crippen LogP contribution in [0.4, 0.5) is 13.2 Å². The lowest BCUT2D eigenvalue weighted by molar-refractivity contribution is -0.137. The summed E-state index contributed by atoms with van der Waals surface area (Å²) in [5, 5.41) is 10.5. The normalized spacial score (nSPS) is 17.7. The minimum atomic E-state index is -4.36. The van der Waals surface area contributed by atoms with Crippen LogP contribution in [0.15, 0.2) is 48.5 Å². The van der Waals surface area contributed by atoms with Crippen molar-refractivity contribution in [3.8, 4) is 16.9 Å². The maximum Gasteiger partial charge on any atom is 0.416 e. The van der Waals surface area contributed by atoms with Crippen LogP contribution in [-0.4, -0.2) is 41.8 Å². The maximum atomic E-state index is 12.9. The van der Waals surface area contributed by atoms with Gasteiger partial charge >= 0.3 is 6.18 Å². The highest BCUT2D eigenvalue weighted by molar-refractivity contribution is 5.65. The standard InChI is InChI=1S/C21H24F3NO2/c1-20(26,14-25-11-2-3-12-25)15-27-19-9-7-16(8-10-19)17-5-4-6-18(13-17)21(22,23)24/h4-10,13,26H,2-3,11-12,14-15H2,1H3. The molecule has 3 nitrogen and oxygen atoms in total. The topological polar surface area (TPSA) is 32.7 Å². The molecular weight excluding hydrogens is 355 g/mol. The number of β-amino-alcohol motifs (C(OH)–C–C–N with tert-alkyl or cyclic N) is 1. The molecule has 0 spiro atoms. The second-order valence-corrected chi connectivity index (χ2v) is 7.37. The van der Waals surface area contributed by atoms with Crippen LogP contribution in [0, 0.1) is 0 Å². The van der Waals surface area contributed by atoms with Gasteiger partial charge in [-0.05, 0) is 68.2 Å². The molecule has 3 rings (SSSR count). The average molecular weight is 379 g/mol. The summed E-state index contributed by atoms with van der Waals surface area (Å²) in [6.07, 6.45) is -2.04. The van der Waals surface area contributed by atoms with Crippen molar-refractivity contribution in [1.29, 1.82) is 0 Å². The van der Waals surface area contributed by atoms with E-state index in [1.807, 2.05) is 0 Å². The van der Waals surface area contributed by atoms with Crippen molar-refractivity contribution in [3.05, 3.63) is 54.1 Å². The van der Waals surface area contributed by atoms with Gasteiger partial charge in [0.15, 0.2) is 0 Å². The molecule has 1 saturated heterocycles. The molecule has 2 aromatic rings. The van der Waals surface area contributed by atoms with Gasteiger partial charge in [-0.25, -0.2) is 0 Å². The Kier molecular flexibility index (Phi) is 5.77. The van der Waals surface area contributed by atoms with E-state index in [9.17, 15) is 18.3 Å². The minimum absolute atomic E-state index is 0.159. The van der Waals surface area contributed by atoms with E-state index in [-0.39, 0.29) is 6.61 Å². The van der Waals surface area contributed by atoms with Gasteiger partial charge < -0.3 is 14.7 Å². The van der Waals surface area contributed by atoms with E-state index in [2.05, 4.69) is 4.90 Å². The van der Waals surface area contributed by atoms with E-state index in [0.717, 1.165) is 38.1 Å². The summed E-state index contributed by atoms with van der Waals surface area (Å²) in [6.45, 7) is 4.48. The van der Waals surface area contributed by atoms with Gasteiger partial charge in [-0.1, -0.05) is 24.3 Å². The zero-order valence-corrected chi connectivity index (χ0v) is 15.3. The average Bonchev–Trinajstić information content (AvgIpc) is 3.12. The number of alkyl halides is 3. The summed E-state index contributed by atoms with van der Waals surface area (Å²) >= 11 is 0. The molecular formula is C21H24F3NO2. The second kappa shape index (κ2) is 7.90. The van der Waals surface area contributed by atoms with E-state index in [1.165, 1.54) is 6.07 Å². The SMILES string of the molecule is CC(O)(COc1ccc(-c2cccc(C(F)(F)F)c2)cc1)CN1CCCC1. The highest BCUT2D eigenvalue weighted by atomic mass is 19.4. The molecule has 1 unspecified atom stereocenters. The summed E-state index contributed by atoms with van der Waals surface area (Å²) in [5.74, 6) is 0.576. The number of rotatable bonds is 6. The molecule has 0 bridgehead atoms. The van der Waals surface area contributed by atoms with E-state index < -0.39 is 17.3 Å². The molecule has 0 saturated carbocycles. The third kappa shape index (κ3) is 5.47. The summed E-state index contributed by atoms with van der Waals surface area (Å²) in [7, 11) is 0. The van der Waals surface area contributed by atoms with Crippen molar-refractivity contribution in [1.82, 2.24) is 4.90 Å². The third-order valence-electron chi connectivity index (χ3n) is 4.69. The Morgan fingerprint density at radius 2 is 1.67 bits per heavy atom. The number of benzene rings is 2. The number of aliphatic hydroxyl groups is 1. The smallest absolute Gasteiger partial charge is 0.416 e. The van der Waals surface area contributed by atoms with Crippen LogP contribution in [0.25, 0.3) is 11.1 Å². The molecule has 2 aromatic carbocycles. The number of ether oxygens (including phenoxy) is 1. The number of likely N-dealkylation sites (tertiary alicyclic amines) is 1. The molecule has 1 fully saturated rings. The molecule has 1 atom stereocenters. The molecule has 0 aromatic heterocycles. The molecule has 0 radical (unpaired) electrons. The largest absolute Gasteiger partial charge is 0.491 e. The lowest BCUT2D eigenvalue weighted by Crippen LogP contribution is -2.44. The number of hydrogen-bond donors (Lipinski definition) is 1. The highest BCUT2D eigenvalue weighted by Gasteiger charge is 2.30. The van der Waals surface area contributed by atoms with Crippen molar-refractivity contribution < 1.29 is 23.0 Å².